The molecule has 1 aliphatic carbocycles. The molecule has 0 radical (unpaired) electrons. The van der Waals surface area contributed by atoms with Crippen molar-refractivity contribution in [3.8, 4) is 0 Å². The van der Waals surface area contributed by atoms with E-state index < -0.39 is 5.54 Å². The number of rotatable bonds is 6. The smallest absolute Gasteiger partial charge is 0.327 e. The zero-order valence-electron chi connectivity index (χ0n) is 13.9. The number of ether oxygens (including phenoxy) is 1. The monoisotopic (exact) mass is 297 g/mol. The number of nitrogens with zero attached hydrogens (tertiary/aromatic N) is 2. The second-order valence-electron chi connectivity index (χ2n) is 6.55. The molecular formula is C16H31N3O2. The molecule has 5 nitrogen and oxygen atoms in total. The van der Waals surface area contributed by atoms with Crippen molar-refractivity contribution >= 4 is 5.97 Å². The van der Waals surface area contributed by atoms with E-state index in [0.717, 1.165) is 38.8 Å². The molecule has 1 atom stereocenters. The maximum atomic E-state index is 12.1. The Balaban J connectivity index is 1.82. The Kier molecular flexibility index (Phi) is 6.02. The summed E-state index contributed by atoms with van der Waals surface area (Å²) in [5, 5.41) is 3.15. The molecule has 1 heterocycles. The van der Waals surface area contributed by atoms with Gasteiger partial charge in [0.15, 0.2) is 0 Å². The van der Waals surface area contributed by atoms with Crippen LogP contribution in [0.4, 0.5) is 0 Å². The van der Waals surface area contributed by atoms with Gasteiger partial charge >= 0.3 is 5.97 Å². The van der Waals surface area contributed by atoms with Crippen molar-refractivity contribution in [1.82, 2.24) is 15.1 Å². The van der Waals surface area contributed by atoms with Crippen molar-refractivity contribution in [2.45, 2.75) is 51.1 Å². The second-order valence-corrected chi connectivity index (χ2v) is 6.55. The summed E-state index contributed by atoms with van der Waals surface area (Å²) in [5.74, 6) is -0.147. The van der Waals surface area contributed by atoms with Gasteiger partial charge in [0, 0.05) is 38.8 Å². The van der Waals surface area contributed by atoms with E-state index in [1.54, 1.807) is 0 Å². The molecule has 0 bridgehead atoms. The number of esters is 1. The van der Waals surface area contributed by atoms with Gasteiger partial charge in [-0.25, -0.2) is 0 Å². The van der Waals surface area contributed by atoms with Gasteiger partial charge in [-0.15, -0.1) is 0 Å². The fraction of sp³-hybridized carbons (Fsp3) is 0.938. The second kappa shape index (κ2) is 7.56. The van der Waals surface area contributed by atoms with Crippen LogP contribution >= 0.6 is 0 Å². The van der Waals surface area contributed by atoms with Crippen molar-refractivity contribution in [1.29, 1.82) is 0 Å². The van der Waals surface area contributed by atoms with Crippen molar-refractivity contribution in [3.63, 3.8) is 0 Å². The molecule has 1 N–H and O–H groups in total. The molecule has 2 rings (SSSR count). The first-order valence-electron chi connectivity index (χ1n) is 8.41. The Morgan fingerprint density at radius 3 is 2.38 bits per heavy atom. The summed E-state index contributed by atoms with van der Waals surface area (Å²) >= 11 is 0. The zero-order chi connectivity index (χ0) is 15.3. The number of piperazine rings is 1. The largest absolute Gasteiger partial charge is 0.465 e. The Bertz CT molecular complexity index is 336. The summed E-state index contributed by atoms with van der Waals surface area (Å²) in [6, 6.07) is 0.813. The van der Waals surface area contributed by atoms with Gasteiger partial charge in [-0.3, -0.25) is 14.6 Å². The van der Waals surface area contributed by atoms with E-state index in [1.165, 1.54) is 25.7 Å². The molecule has 2 aliphatic rings. The van der Waals surface area contributed by atoms with Crippen molar-refractivity contribution in [2.75, 3.05) is 46.4 Å². The van der Waals surface area contributed by atoms with Crippen LogP contribution in [0.1, 0.15) is 39.5 Å². The van der Waals surface area contributed by atoms with Gasteiger partial charge in [0.1, 0.15) is 5.54 Å². The van der Waals surface area contributed by atoms with Gasteiger partial charge in [-0.2, -0.15) is 0 Å². The molecule has 1 saturated heterocycles. The highest BCUT2D eigenvalue weighted by molar-refractivity contribution is 5.80. The lowest BCUT2D eigenvalue weighted by Gasteiger charge is -2.41. The normalized spacial score (nSPS) is 24.9. The van der Waals surface area contributed by atoms with E-state index in [9.17, 15) is 4.79 Å². The summed E-state index contributed by atoms with van der Waals surface area (Å²) in [6.07, 6.45) is 5.53. The summed E-state index contributed by atoms with van der Waals surface area (Å²) in [5.41, 5.74) is -0.606. The van der Waals surface area contributed by atoms with Crippen LogP contribution in [0.25, 0.3) is 0 Å². The molecule has 0 spiro atoms. The van der Waals surface area contributed by atoms with E-state index >= 15 is 0 Å². The van der Waals surface area contributed by atoms with Gasteiger partial charge in [-0.1, -0.05) is 12.8 Å². The highest BCUT2D eigenvalue weighted by Crippen LogP contribution is 2.24. The van der Waals surface area contributed by atoms with E-state index in [2.05, 4.69) is 15.1 Å². The highest BCUT2D eigenvalue weighted by atomic mass is 16.5. The van der Waals surface area contributed by atoms with Gasteiger partial charge in [0.05, 0.1) is 6.61 Å². The molecule has 1 unspecified atom stereocenters. The minimum Gasteiger partial charge on any atom is -0.465 e. The molecule has 0 aromatic rings. The number of nitrogens with one attached hydrogen (secondary N) is 1. The van der Waals surface area contributed by atoms with Crippen LogP contribution in [0.15, 0.2) is 0 Å². The number of carbonyl (C=O) groups is 1. The maximum Gasteiger partial charge on any atom is 0.327 e. The van der Waals surface area contributed by atoms with Crippen LogP contribution in [0, 0.1) is 0 Å². The molecule has 0 amide bonds. The lowest BCUT2D eigenvalue weighted by Crippen LogP contribution is -2.59. The van der Waals surface area contributed by atoms with Crippen LogP contribution in [0.3, 0.4) is 0 Å². The minimum atomic E-state index is -0.606. The van der Waals surface area contributed by atoms with Crippen LogP contribution in [-0.2, 0) is 9.53 Å². The van der Waals surface area contributed by atoms with Crippen molar-refractivity contribution < 1.29 is 9.53 Å². The molecule has 5 heteroatoms. The van der Waals surface area contributed by atoms with Gasteiger partial charge in [0.25, 0.3) is 0 Å². The lowest BCUT2D eigenvalue weighted by atomic mass is 10.0. The number of hydrogen-bond acceptors (Lipinski definition) is 5. The highest BCUT2D eigenvalue weighted by Gasteiger charge is 2.36. The topological polar surface area (TPSA) is 44.8 Å². The Labute approximate surface area is 129 Å². The number of carbonyl (C=O) groups excluding carboxylic acids is 1. The summed E-state index contributed by atoms with van der Waals surface area (Å²) in [7, 11) is 1.84. The lowest BCUT2D eigenvalue weighted by molar-refractivity contribution is -0.151. The number of likely N-dealkylation sites (N-methyl/N-ethyl adjacent to an activating group) is 1. The molecule has 21 heavy (non-hydrogen) atoms. The molecule has 0 aromatic heterocycles. The summed E-state index contributed by atoms with van der Waals surface area (Å²) in [4.78, 5) is 17.2. The van der Waals surface area contributed by atoms with Crippen LogP contribution < -0.4 is 5.32 Å². The van der Waals surface area contributed by atoms with Crippen LogP contribution in [0.2, 0.25) is 0 Å². The zero-order valence-corrected chi connectivity index (χ0v) is 13.9. The molecule has 122 valence electrons. The average Bonchev–Trinajstić information content (AvgIpc) is 3.02. The SMILES string of the molecule is CCOC(=O)C(C)(CN1CCN(C2CCCC2)CC1)NC. The Morgan fingerprint density at radius 1 is 1.24 bits per heavy atom. The van der Waals surface area contributed by atoms with E-state index in [1.807, 2.05) is 20.9 Å². The standard InChI is InChI=1S/C16H31N3O2/c1-4-21-15(20)16(2,17-3)13-18-9-11-19(12-10-18)14-7-5-6-8-14/h14,17H,4-13H2,1-3H3. The molecule has 1 saturated carbocycles. The maximum absolute atomic E-state index is 12.1. The first-order valence-corrected chi connectivity index (χ1v) is 8.41. The van der Waals surface area contributed by atoms with Crippen LogP contribution in [0.5, 0.6) is 0 Å². The van der Waals surface area contributed by atoms with E-state index in [4.69, 9.17) is 4.74 Å². The predicted molar refractivity (Wildman–Crippen MR) is 84.4 cm³/mol. The third-order valence-electron chi connectivity index (χ3n) is 5.07. The third-order valence-corrected chi connectivity index (χ3v) is 5.07. The summed E-state index contributed by atoms with van der Waals surface area (Å²) in [6.45, 7) is 9.32. The van der Waals surface area contributed by atoms with E-state index in [-0.39, 0.29) is 5.97 Å². The van der Waals surface area contributed by atoms with Gasteiger partial charge < -0.3 is 10.1 Å². The fourth-order valence-electron chi connectivity index (χ4n) is 3.54. The van der Waals surface area contributed by atoms with Gasteiger partial charge in [-0.05, 0) is 33.7 Å². The summed E-state index contributed by atoms with van der Waals surface area (Å²) < 4.78 is 5.20. The minimum absolute atomic E-state index is 0.147. The average molecular weight is 297 g/mol. The Morgan fingerprint density at radius 2 is 1.86 bits per heavy atom. The van der Waals surface area contributed by atoms with Gasteiger partial charge in [0.2, 0.25) is 0 Å². The van der Waals surface area contributed by atoms with Crippen molar-refractivity contribution in [2.24, 2.45) is 0 Å². The van der Waals surface area contributed by atoms with Crippen molar-refractivity contribution in [3.05, 3.63) is 0 Å². The molecular weight excluding hydrogens is 266 g/mol. The van der Waals surface area contributed by atoms with Crippen LogP contribution in [-0.4, -0.2) is 73.7 Å². The third kappa shape index (κ3) is 4.18. The first kappa shape index (κ1) is 16.7. The molecule has 1 aliphatic heterocycles. The van der Waals surface area contributed by atoms with E-state index in [0.29, 0.717) is 6.61 Å². The molecule has 2 fully saturated rings. The quantitative estimate of drug-likeness (QED) is 0.744. The Hall–Kier alpha value is -0.650. The fourth-order valence-corrected chi connectivity index (χ4v) is 3.54. The first-order chi connectivity index (χ1) is 10.1. The molecule has 0 aromatic carbocycles. The predicted octanol–water partition coefficient (Wildman–Crippen LogP) is 1.09. The number of hydrogen-bond donors (Lipinski definition) is 1.